The number of hydrogen-bond acceptors (Lipinski definition) is 3. The fourth-order valence-corrected chi connectivity index (χ4v) is 1.26. The second kappa shape index (κ2) is 5.57. The SMILES string of the molecule is CC(C)(CF)C(=O)NCc1cccc([N+](=O)[O-])c1. The van der Waals surface area contributed by atoms with Gasteiger partial charge in [-0.25, -0.2) is 4.39 Å². The molecule has 0 aliphatic heterocycles. The fourth-order valence-electron chi connectivity index (χ4n) is 1.26. The van der Waals surface area contributed by atoms with Crippen LogP contribution in [-0.4, -0.2) is 17.5 Å². The Hall–Kier alpha value is -1.98. The van der Waals surface area contributed by atoms with E-state index in [1.54, 1.807) is 12.1 Å². The Morgan fingerprint density at radius 3 is 2.72 bits per heavy atom. The molecule has 0 aliphatic rings. The third kappa shape index (κ3) is 3.51. The largest absolute Gasteiger partial charge is 0.351 e. The predicted molar refractivity (Wildman–Crippen MR) is 64.7 cm³/mol. The van der Waals surface area contributed by atoms with E-state index in [9.17, 15) is 19.3 Å². The maximum Gasteiger partial charge on any atom is 0.269 e. The van der Waals surface area contributed by atoms with Gasteiger partial charge in [0.25, 0.3) is 5.69 Å². The molecule has 0 saturated heterocycles. The molecule has 0 radical (unpaired) electrons. The van der Waals surface area contributed by atoms with E-state index >= 15 is 0 Å². The molecule has 6 heteroatoms. The molecule has 5 nitrogen and oxygen atoms in total. The number of carbonyl (C=O) groups excluding carboxylic acids is 1. The Morgan fingerprint density at radius 1 is 1.50 bits per heavy atom. The number of hydrogen-bond donors (Lipinski definition) is 1. The van der Waals surface area contributed by atoms with Crippen LogP contribution in [0.4, 0.5) is 10.1 Å². The highest BCUT2D eigenvalue weighted by molar-refractivity contribution is 5.81. The van der Waals surface area contributed by atoms with Gasteiger partial charge in [-0.05, 0) is 19.4 Å². The highest BCUT2D eigenvalue weighted by Gasteiger charge is 2.27. The first kappa shape index (κ1) is 14.1. The van der Waals surface area contributed by atoms with Gasteiger partial charge in [-0.3, -0.25) is 14.9 Å². The first-order chi connectivity index (χ1) is 8.36. The summed E-state index contributed by atoms with van der Waals surface area (Å²) in [6.45, 7) is 2.38. The standard InChI is InChI=1S/C12H15FN2O3/c1-12(2,8-13)11(16)14-7-9-4-3-5-10(6-9)15(17)18/h3-6H,7-8H2,1-2H3,(H,14,16). The molecule has 0 aromatic heterocycles. The molecule has 0 atom stereocenters. The van der Waals surface area contributed by atoms with Gasteiger partial charge in [0.15, 0.2) is 0 Å². The van der Waals surface area contributed by atoms with Crippen LogP contribution in [0.15, 0.2) is 24.3 Å². The Morgan fingerprint density at radius 2 is 2.17 bits per heavy atom. The minimum Gasteiger partial charge on any atom is -0.351 e. The number of nitrogens with one attached hydrogen (secondary N) is 1. The zero-order valence-corrected chi connectivity index (χ0v) is 10.3. The summed E-state index contributed by atoms with van der Waals surface area (Å²) in [6, 6.07) is 5.95. The zero-order valence-electron chi connectivity index (χ0n) is 10.3. The first-order valence-corrected chi connectivity index (χ1v) is 5.44. The van der Waals surface area contributed by atoms with E-state index in [1.807, 2.05) is 0 Å². The summed E-state index contributed by atoms with van der Waals surface area (Å²) in [6.07, 6.45) is 0. The lowest BCUT2D eigenvalue weighted by molar-refractivity contribution is -0.384. The van der Waals surface area contributed by atoms with Crippen molar-refractivity contribution in [1.82, 2.24) is 5.32 Å². The van der Waals surface area contributed by atoms with Crippen LogP contribution in [0.3, 0.4) is 0 Å². The van der Waals surface area contributed by atoms with Crippen LogP contribution in [0.25, 0.3) is 0 Å². The molecule has 1 amide bonds. The van der Waals surface area contributed by atoms with E-state index in [4.69, 9.17) is 0 Å². The molecule has 1 rings (SSSR count). The number of non-ortho nitro benzene ring substituents is 1. The molecule has 0 unspecified atom stereocenters. The molecule has 1 N–H and O–H groups in total. The van der Waals surface area contributed by atoms with Gasteiger partial charge in [-0.2, -0.15) is 0 Å². The van der Waals surface area contributed by atoms with Crippen molar-refractivity contribution in [3.8, 4) is 0 Å². The molecule has 0 saturated carbocycles. The summed E-state index contributed by atoms with van der Waals surface area (Å²) in [5, 5.41) is 13.1. The number of rotatable bonds is 5. The number of nitrogens with zero attached hydrogens (tertiary/aromatic N) is 1. The van der Waals surface area contributed by atoms with E-state index in [1.165, 1.54) is 26.0 Å². The summed E-state index contributed by atoms with van der Waals surface area (Å²) in [5.74, 6) is -0.420. The highest BCUT2D eigenvalue weighted by atomic mass is 19.1. The average molecular weight is 254 g/mol. The van der Waals surface area contributed by atoms with Crippen LogP contribution in [-0.2, 0) is 11.3 Å². The normalized spacial score (nSPS) is 11.1. The molecule has 0 fully saturated rings. The van der Waals surface area contributed by atoms with Gasteiger partial charge in [0, 0.05) is 18.7 Å². The number of nitro benzene ring substituents is 1. The lowest BCUT2D eigenvalue weighted by Gasteiger charge is -2.19. The fraction of sp³-hybridized carbons (Fsp3) is 0.417. The van der Waals surface area contributed by atoms with Crippen LogP contribution in [0.2, 0.25) is 0 Å². The number of nitro groups is 1. The van der Waals surface area contributed by atoms with Crippen molar-refractivity contribution < 1.29 is 14.1 Å². The first-order valence-electron chi connectivity index (χ1n) is 5.44. The molecule has 0 heterocycles. The molecule has 98 valence electrons. The lowest BCUT2D eigenvalue weighted by Crippen LogP contribution is -2.37. The van der Waals surface area contributed by atoms with Crippen molar-refractivity contribution in [2.75, 3.05) is 6.67 Å². The van der Waals surface area contributed by atoms with Gasteiger partial charge in [-0.1, -0.05) is 12.1 Å². The lowest BCUT2D eigenvalue weighted by atomic mass is 9.94. The van der Waals surface area contributed by atoms with Crippen molar-refractivity contribution in [3.63, 3.8) is 0 Å². The molecule has 0 bridgehead atoms. The summed E-state index contributed by atoms with van der Waals surface area (Å²) >= 11 is 0. The smallest absolute Gasteiger partial charge is 0.269 e. The Kier molecular flexibility index (Phi) is 4.36. The van der Waals surface area contributed by atoms with Crippen LogP contribution in [0.5, 0.6) is 0 Å². The van der Waals surface area contributed by atoms with E-state index in [0.717, 1.165) is 0 Å². The quantitative estimate of drug-likeness (QED) is 0.646. The number of carbonyl (C=O) groups is 1. The van der Waals surface area contributed by atoms with Gasteiger partial charge in [0.05, 0.1) is 10.3 Å². The van der Waals surface area contributed by atoms with Crippen LogP contribution >= 0.6 is 0 Å². The van der Waals surface area contributed by atoms with Gasteiger partial charge in [0.2, 0.25) is 5.91 Å². The summed E-state index contributed by atoms with van der Waals surface area (Å²) in [7, 11) is 0. The van der Waals surface area contributed by atoms with Crippen molar-refractivity contribution in [2.24, 2.45) is 5.41 Å². The second-order valence-electron chi connectivity index (χ2n) is 4.63. The van der Waals surface area contributed by atoms with E-state index < -0.39 is 22.9 Å². The average Bonchev–Trinajstić information content (AvgIpc) is 2.36. The number of alkyl halides is 1. The van der Waals surface area contributed by atoms with Crippen molar-refractivity contribution in [1.29, 1.82) is 0 Å². The topological polar surface area (TPSA) is 72.2 Å². The molecule has 0 spiro atoms. The number of benzene rings is 1. The number of amides is 1. The minimum atomic E-state index is -1.08. The minimum absolute atomic E-state index is 0.0356. The second-order valence-corrected chi connectivity index (χ2v) is 4.63. The van der Waals surface area contributed by atoms with Gasteiger partial charge < -0.3 is 5.32 Å². The summed E-state index contributed by atoms with van der Waals surface area (Å²) in [4.78, 5) is 21.7. The molecular formula is C12H15FN2O3. The van der Waals surface area contributed by atoms with E-state index in [-0.39, 0.29) is 12.2 Å². The molecular weight excluding hydrogens is 239 g/mol. The maximum atomic E-state index is 12.6. The van der Waals surface area contributed by atoms with Crippen molar-refractivity contribution >= 4 is 11.6 Å². The van der Waals surface area contributed by atoms with Gasteiger partial charge >= 0.3 is 0 Å². The van der Waals surface area contributed by atoms with Gasteiger partial charge in [-0.15, -0.1) is 0 Å². The summed E-state index contributed by atoms with van der Waals surface area (Å²) < 4.78 is 12.6. The third-order valence-electron chi connectivity index (χ3n) is 2.52. The zero-order chi connectivity index (χ0) is 13.8. The predicted octanol–water partition coefficient (Wildman–Crippen LogP) is 2.21. The molecule has 0 aliphatic carbocycles. The van der Waals surface area contributed by atoms with E-state index in [2.05, 4.69) is 5.32 Å². The Bertz CT molecular complexity index is 460. The monoisotopic (exact) mass is 254 g/mol. The van der Waals surface area contributed by atoms with Crippen molar-refractivity contribution in [2.45, 2.75) is 20.4 Å². The number of halogens is 1. The van der Waals surface area contributed by atoms with Crippen LogP contribution in [0.1, 0.15) is 19.4 Å². The van der Waals surface area contributed by atoms with Crippen LogP contribution in [0, 0.1) is 15.5 Å². The summed E-state index contributed by atoms with van der Waals surface area (Å²) in [5.41, 5.74) is -0.514. The molecule has 18 heavy (non-hydrogen) atoms. The molecule has 1 aromatic rings. The Labute approximate surface area is 104 Å². The van der Waals surface area contributed by atoms with Crippen LogP contribution < -0.4 is 5.32 Å². The Balaban J connectivity index is 2.67. The third-order valence-corrected chi connectivity index (χ3v) is 2.52. The van der Waals surface area contributed by atoms with Crippen molar-refractivity contribution in [3.05, 3.63) is 39.9 Å². The molecule has 1 aromatic carbocycles. The van der Waals surface area contributed by atoms with E-state index in [0.29, 0.717) is 5.56 Å². The van der Waals surface area contributed by atoms with Gasteiger partial charge in [0.1, 0.15) is 6.67 Å². The highest BCUT2D eigenvalue weighted by Crippen LogP contribution is 2.17. The maximum absolute atomic E-state index is 12.6.